The summed E-state index contributed by atoms with van der Waals surface area (Å²) in [6.45, 7) is 5.82. The average molecular weight is 249 g/mol. The predicted octanol–water partition coefficient (Wildman–Crippen LogP) is 2.10. The van der Waals surface area contributed by atoms with E-state index in [0.717, 1.165) is 31.7 Å². The van der Waals surface area contributed by atoms with Crippen molar-refractivity contribution < 1.29 is 4.79 Å². The number of carbonyl (C=O) groups excluding carboxylic acids is 1. The standard InChI is InChI=1S/C14H23N3O/c1-10-3-4-12(7-11(10)2)14(18)13-8-17(6-5-15)9-16-13/h8-12H,3-7,15H2,1-2H3. The van der Waals surface area contributed by atoms with Gasteiger partial charge in [-0.2, -0.15) is 0 Å². The molecule has 1 fully saturated rings. The molecule has 2 N–H and O–H groups in total. The topological polar surface area (TPSA) is 60.9 Å². The maximum Gasteiger partial charge on any atom is 0.185 e. The third kappa shape index (κ3) is 2.80. The first-order valence-corrected chi connectivity index (χ1v) is 6.88. The molecule has 1 aliphatic carbocycles. The number of Topliss-reactive ketones (excluding diaryl/α,β-unsaturated/α-hetero) is 1. The van der Waals surface area contributed by atoms with Crippen LogP contribution in [0.15, 0.2) is 12.5 Å². The first-order chi connectivity index (χ1) is 8.61. The molecule has 100 valence electrons. The van der Waals surface area contributed by atoms with Gasteiger partial charge < -0.3 is 10.3 Å². The van der Waals surface area contributed by atoms with Crippen LogP contribution in [0.1, 0.15) is 43.6 Å². The SMILES string of the molecule is CC1CCC(C(=O)c2cn(CCN)cn2)CC1C. The minimum absolute atomic E-state index is 0.164. The van der Waals surface area contributed by atoms with E-state index in [2.05, 4.69) is 18.8 Å². The van der Waals surface area contributed by atoms with Crippen molar-refractivity contribution in [1.82, 2.24) is 9.55 Å². The molecule has 4 heteroatoms. The van der Waals surface area contributed by atoms with E-state index in [1.54, 1.807) is 6.33 Å². The van der Waals surface area contributed by atoms with Gasteiger partial charge in [-0.3, -0.25) is 4.79 Å². The summed E-state index contributed by atoms with van der Waals surface area (Å²) in [7, 11) is 0. The molecule has 3 unspecified atom stereocenters. The van der Waals surface area contributed by atoms with E-state index in [1.807, 2.05) is 10.8 Å². The van der Waals surface area contributed by atoms with Crippen LogP contribution in [-0.2, 0) is 6.54 Å². The molecule has 1 aliphatic rings. The highest BCUT2D eigenvalue weighted by molar-refractivity contribution is 5.95. The molecular weight excluding hydrogens is 226 g/mol. The van der Waals surface area contributed by atoms with E-state index in [-0.39, 0.29) is 11.7 Å². The molecule has 4 nitrogen and oxygen atoms in total. The molecule has 18 heavy (non-hydrogen) atoms. The quantitative estimate of drug-likeness (QED) is 0.831. The molecule has 0 bridgehead atoms. The maximum atomic E-state index is 12.4. The average Bonchev–Trinajstić information content (AvgIpc) is 2.81. The van der Waals surface area contributed by atoms with Crippen molar-refractivity contribution in [1.29, 1.82) is 0 Å². The van der Waals surface area contributed by atoms with Crippen LogP contribution in [0.3, 0.4) is 0 Å². The Balaban J connectivity index is 2.02. The zero-order valence-corrected chi connectivity index (χ0v) is 11.3. The summed E-state index contributed by atoms with van der Waals surface area (Å²) in [5, 5.41) is 0. The summed E-state index contributed by atoms with van der Waals surface area (Å²) < 4.78 is 1.89. The smallest absolute Gasteiger partial charge is 0.185 e. The van der Waals surface area contributed by atoms with E-state index in [1.165, 1.54) is 0 Å². The van der Waals surface area contributed by atoms with Gasteiger partial charge in [0.25, 0.3) is 0 Å². The number of hydrogen-bond acceptors (Lipinski definition) is 3. The molecule has 2 rings (SSSR count). The Kier molecular flexibility index (Phi) is 4.17. The van der Waals surface area contributed by atoms with Crippen molar-refractivity contribution in [3.8, 4) is 0 Å². The van der Waals surface area contributed by atoms with Crippen LogP contribution >= 0.6 is 0 Å². The molecule has 3 atom stereocenters. The van der Waals surface area contributed by atoms with Crippen molar-refractivity contribution in [3.05, 3.63) is 18.2 Å². The first-order valence-electron chi connectivity index (χ1n) is 6.88. The van der Waals surface area contributed by atoms with Crippen molar-refractivity contribution >= 4 is 5.78 Å². The molecule has 0 radical (unpaired) electrons. The van der Waals surface area contributed by atoms with Crippen LogP contribution < -0.4 is 5.73 Å². The number of nitrogens with zero attached hydrogens (tertiary/aromatic N) is 2. The number of imidazole rings is 1. The highest BCUT2D eigenvalue weighted by Crippen LogP contribution is 2.34. The maximum absolute atomic E-state index is 12.4. The number of ketones is 1. The minimum atomic E-state index is 0.164. The molecule has 0 amide bonds. The Morgan fingerprint density at radius 3 is 2.89 bits per heavy atom. The lowest BCUT2D eigenvalue weighted by Crippen LogP contribution is -2.26. The monoisotopic (exact) mass is 249 g/mol. The summed E-state index contributed by atoms with van der Waals surface area (Å²) in [6.07, 6.45) is 6.70. The van der Waals surface area contributed by atoms with E-state index >= 15 is 0 Å². The molecule has 0 saturated heterocycles. The van der Waals surface area contributed by atoms with Crippen molar-refractivity contribution in [2.75, 3.05) is 6.54 Å². The minimum Gasteiger partial charge on any atom is -0.335 e. The highest BCUT2D eigenvalue weighted by atomic mass is 16.1. The van der Waals surface area contributed by atoms with Crippen LogP contribution in [0.25, 0.3) is 0 Å². The van der Waals surface area contributed by atoms with Crippen LogP contribution in [0.4, 0.5) is 0 Å². The highest BCUT2D eigenvalue weighted by Gasteiger charge is 2.30. The summed E-state index contributed by atoms with van der Waals surface area (Å²) in [4.78, 5) is 16.6. The van der Waals surface area contributed by atoms with E-state index < -0.39 is 0 Å². The van der Waals surface area contributed by atoms with Gasteiger partial charge in [-0.25, -0.2) is 4.98 Å². The van der Waals surface area contributed by atoms with Gasteiger partial charge >= 0.3 is 0 Å². The Morgan fingerprint density at radius 1 is 1.44 bits per heavy atom. The molecule has 1 aromatic rings. The van der Waals surface area contributed by atoms with E-state index in [4.69, 9.17) is 5.73 Å². The molecule has 0 aliphatic heterocycles. The van der Waals surface area contributed by atoms with Crippen molar-refractivity contribution in [3.63, 3.8) is 0 Å². The largest absolute Gasteiger partial charge is 0.335 e. The Bertz CT molecular complexity index is 413. The second kappa shape index (κ2) is 5.65. The third-order valence-electron chi connectivity index (χ3n) is 4.24. The molecule has 1 saturated carbocycles. The van der Waals surface area contributed by atoms with Gasteiger partial charge in [0.05, 0.1) is 6.33 Å². The molecule has 0 spiro atoms. The van der Waals surface area contributed by atoms with Gasteiger partial charge in [0.2, 0.25) is 0 Å². The summed E-state index contributed by atoms with van der Waals surface area (Å²) in [5.74, 6) is 1.75. The van der Waals surface area contributed by atoms with Crippen molar-refractivity contribution in [2.45, 2.75) is 39.7 Å². The second-order valence-corrected chi connectivity index (χ2v) is 5.61. The molecular formula is C14H23N3O. The van der Waals surface area contributed by atoms with Crippen LogP contribution in [0, 0.1) is 17.8 Å². The lowest BCUT2D eigenvalue weighted by atomic mass is 9.74. The number of rotatable bonds is 4. The Hall–Kier alpha value is -1.16. The lowest BCUT2D eigenvalue weighted by molar-refractivity contribution is 0.0832. The normalized spacial score (nSPS) is 28.3. The van der Waals surface area contributed by atoms with Crippen LogP contribution in [0.2, 0.25) is 0 Å². The summed E-state index contributed by atoms with van der Waals surface area (Å²) in [5.41, 5.74) is 6.10. The van der Waals surface area contributed by atoms with Crippen LogP contribution in [0.5, 0.6) is 0 Å². The number of aromatic nitrogens is 2. The van der Waals surface area contributed by atoms with E-state index in [0.29, 0.717) is 18.2 Å². The van der Waals surface area contributed by atoms with Gasteiger partial charge in [-0.1, -0.05) is 13.8 Å². The fourth-order valence-corrected chi connectivity index (χ4v) is 2.75. The van der Waals surface area contributed by atoms with Gasteiger partial charge in [-0.05, 0) is 31.1 Å². The number of hydrogen-bond donors (Lipinski definition) is 1. The first kappa shape index (κ1) is 13.3. The van der Waals surface area contributed by atoms with Crippen molar-refractivity contribution in [2.24, 2.45) is 23.5 Å². The van der Waals surface area contributed by atoms with Crippen LogP contribution in [-0.4, -0.2) is 21.9 Å². The zero-order valence-electron chi connectivity index (χ0n) is 11.3. The Labute approximate surface area is 109 Å². The zero-order chi connectivity index (χ0) is 13.1. The fourth-order valence-electron chi connectivity index (χ4n) is 2.75. The predicted molar refractivity (Wildman–Crippen MR) is 71.3 cm³/mol. The van der Waals surface area contributed by atoms with Gasteiger partial charge in [0.1, 0.15) is 5.69 Å². The third-order valence-corrected chi connectivity index (χ3v) is 4.24. The fraction of sp³-hybridized carbons (Fsp3) is 0.714. The number of carbonyl (C=O) groups is 1. The van der Waals surface area contributed by atoms with Gasteiger partial charge in [0.15, 0.2) is 5.78 Å². The summed E-state index contributed by atoms with van der Waals surface area (Å²) >= 11 is 0. The van der Waals surface area contributed by atoms with Gasteiger partial charge in [0, 0.05) is 25.2 Å². The summed E-state index contributed by atoms with van der Waals surface area (Å²) in [6, 6.07) is 0. The molecule has 0 aromatic carbocycles. The number of nitrogens with two attached hydrogens (primary N) is 1. The van der Waals surface area contributed by atoms with Gasteiger partial charge in [-0.15, -0.1) is 0 Å². The molecule has 1 aromatic heterocycles. The second-order valence-electron chi connectivity index (χ2n) is 5.61. The molecule has 1 heterocycles. The lowest BCUT2D eigenvalue weighted by Gasteiger charge is -2.30. The Morgan fingerprint density at radius 2 is 2.22 bits per heavy atom. The van der Waals surface area contributed by atoms with E-state index in [9.17, 15) is 4.79 Å².